The maximum atomic E-state index is 12.9. The van der Waals surface area contributed by atoms with Gasteiger partial charge < -0.3 is 10.6 Å². The van der Waals surface area contributed by atoms with E-state index in [1.807, 2.05) is 37.3 Å². The molecule has 0 fully saturated rings. The molecule has 0 saturated heterocycles. The van der Waals surface area contributed by atoms with E-state index in [1.165, 1.54) is 47.4 Å². The molecule has 2 amide bonds. The lowest BCUT2D eigenvalue weighted by Crippen LogP contribution is -2.24. The normalized spacial score (nSPS) is 11.7. The summed E-state index contributed by atoms with van der Waals surface area (Å²) in [6.07, 6.45) is 0.603. The number of carbonyl (C=O) groups excluding carboxylic acids is 2. The first-order valence-electron chi connectivity index (χ1n) is 10.4. The van der Waals surface area contributed by atoms with Gasteiger partial charge in [0.05, 0.1) is 20.4 Å². The predicted octanol–water partition coefficient (Wildman–Crippen LogP) is 5.97. The van der Waals surface area contributed by atoms with Crippen LogP contribution in [0, 0.1) is 10.1 Å². The van der Waals surface area contributed by atoms with Crippen LogP contribution in [-0.2, 0) is 4.79 Å². The molecule has 1 atom stereocenters. The van der Waals surface area contributed by atoms with E-state index in [4.69, 9.17) is 0 Å². The highest BCUT2D eigenvalue weighted by molar-refractivity contribution is 8.00. The second-order valence-corrected chi connectivity index (χ2v) is 9.59. The number of nitro groups is 1. The smallest absolute Gasteiger partial charge is 0.270 e. The Bertz CT molecular complexity index is 1340. The number of aromatic nitrogens is 1. The monoisotopic (exact) mass is 492 g/mol. The number of fused-ring (bicyclic) bond motifs is 1. The molecule has 4 aromatic rings. The first-order valence-corrected chi connectivity index (χ1v) is 12.1. The standard InChI is InChI=1S/C24H20N4O4S2/c1-2-20(23(30)27-24-26-19-11-3-4-12-21(19)34-24)33-18-10-6-8-16(14-18)25-22(29)15-7-5-9-17(13-15)28(31)32/h3-14,20H,2H2,1H3,(H,25,29)(H,26,27,30). The summed E-state index contributed by atoms with van der Waals surface area (Å²) in [4.78, 5) is 41.1. The van der Waals surface area contributed by atoms with E-state index in [1.54, 1.807) is 18.2 Å². The summed E-state index contributed by atoms with van der Waals surface area (Å²) in [5.74, 6) is -0.593. The minimum Gasteiger partial charge on any atom is -0.322 e. The van der Waals surface area contributed by atoms with Crippen LogP contribution in [0.25, 0.3) is 10.2 Å². The maximum Gasteiger partial charge on any atom is 0.270 e. The van der Waals surface area contributed by atoms with Gasteiger partial charge in [-0.25, -0.2) is 4.98 Å². The number of nitrogens with one attached hydrogen (secondary N) is 2. The van der Waals surface area contributed by atoms with Crippen molar-refractivity contribution in [3.05, 3.63) is 88.5 Å². The van der Waals surface area contributed by atoms with Crippen molar-refractivity contribution in [1.82, 2.24) is 4.98 Å². The predicted molar refractivity (Wildman–Crippen MR) is 136 cm³/mol. The number of hydrogen-bond acceptors (Lipinski definition) is 7. The van der Waals surface area contributed by atoms with Crippen LogP contribution in [0.2, 0.25) is 0 Å². The number of amides is 2. The molecule has 1 heterocycles. The SMILES string of the molecule is CCC(Sc1cccc(NC(=O)c2cccc([N+](=O)[O-])c2)c1)C(=O)Nc1nc2ccccc2s1. The third-order valence-corrected chi connectivity index (χ3v) is 7.19. The molecule has 34 heavy (non-hydrogen) atoms. The Morgan fingerprint density at radius 3 is 2.62 bits per heavy atom. The van der Waals surface area contributed by atoms with Gasteiger partial charge in [0.15, 0.2) is 5.13 Å². The number of carbonyl (C=O) groups is 2. The summed E-state index contributed by atoms with van der Waals surface area (Å²) in [7, 11) is 0. The molecule has 0 aliphatic carbocycles. The molecular weight excluding hydrogens is 472 g/mol. The number of hydrogen-bond donors (Lipinski definition) is 2. The average Bonchev–Trinajstić information content (AvgIpc) is 3.25. The molecule has 4 rings (SSSR count). The van der Waals surface area contributed by atoms with Crippen molar-refractivity contribution in [3.63, 3.8) is 0 Å². The van der Waals surface area contributed by atoms with E-state index < -0.39 is 10.8 Å². The Hall–Kier alpha value is -3.76. The lowest BCUT2D eigenvalue weighted by atomic mass is 10.2. The fraction of sp³-hybridized carbons (Fsp3) is 0.125. The number of benzene rings is 3. The van der Waals surface area contributed by atoms with Crippen LogP contribution < -0.4 is 10.6 Å². The molecule has 0 saturated carbocycles. The van der Waals surface area contributed by atoms with Gasteiger partial charge in [-0.1, -0.05) is 42.5 Å². The van der Waals surface area contributed by atoms with E-state index >= 15 is 0 Å². The number of rotatable bonds is 8. The number of anilines is 2. The fourth-order valence-electron chi connectivity index (χ4n) is 3.21. The number of nitrogens with zero attached hydrogens (tertiary/aromatic N) is 2. The van der Waals surface area contributed by atoms with Crippen molar-refractivity contribution in [2.75, 3.05) is 10.6 Å². The summed E-state index contributed by atoms with van der Waals surface area (Å²) < 4.78 is 1.01. The Morgan fingerprint density at radius 1 is 1.06 bits per heavy atom. The van der Waals surface area contributed by atoms with Crippen molar-refractivity contribution in [1.29, 1.82) is 0 Å². The molecule has 10 heteroatoms. The van der Waals surface area contributed by atoms with Crippen molar-refractivity contribution < 1.29 is 14.5 Å². The maximum absolute atomic E-state index is 12.9. The first kappa shape index (κ1) is 23.4. The van der Waals surface area contributed by atoms with Gasteiger partial charge in [-0.2, -0.15) is 0 Å². The second-order valence-electron chi connectivity index (χ2n) is 7.28. The zero-order chi connectivity index (χ0) is 24.1. The molecule has 2 N–H and O–H groups in total. The lowest BCUT2D eigenvalue weighted by molar-refractivity contribution is -0.384. The van der Waals surface area contributed by atoms with Gasteiger partial charge in [-0.05, 0) is 42.8 Å². The Labute approximate surface area is 203 Å². The van der Waals surface area contributed by atoms with Crippen molar-refractivity contribution in [2.45, 2.75) is 23.5 Å². The zero-order valence-electron chi connectivity index (χ0n) is 18.1. The molecule has 0 radical (unpaired) electrons. The van der Waals surface area contributed by atoms with Gasteiger partial charge in [0.1, 0.15) is 0 Å². The van der Waals surface area contributed by atoms with Gasteiger partial charge in [0.25, 0.3) is 11.6 Å². The van der Waals surface area contributed by atoms with E-state index in [2.05, 4.69) is 15.6 Å². The van der Waals surface area contributed by atoms with Crippen LogP contribution >= 0.6 is 23.1 Å². The molecule has 0 bridgehead atoms. The van der Waals surface area contributed by atoms with Crippen molar-refractivity contribution in [2.24, 2.45) is 0 Å². The van der Waals surface area contributed by atoms with Gasteiger partial charge in [0.2, 0.25) is 5.91 Å². The van der Waals surface area contributed by atoms with Gasteiger partial charge in [-0.3, -0.25) is 19.7 Å². The zero-order valence-corrected chi connectivity index (χ0v) is 19.7. The number of non-ortho nitro benzene ring substituents is 1. The minimum atomic E-state index is -0.543. The Kier molecular flexibility index (Phi) is 7.19. The van der Waals surface area contributed by atoms with E-state index in [9.17, 15) is 19.7 Å². The number of nitro benzene ring substituents is 1. The van der Waals surface area contributed by atoms with Crippen LogP contribution in [-0.4, -0.2) is 27.0 Å². The molecule has 172 valence electrons. The highest BCUT2D eigenvalue weighted by Gasteiger charge is 2.20. The van der Waals surface area contributed by atoms with Crippen LogP contribution in [0.1, 0.15) is 23.7 Å². The van der Waals surface area contributed by atoms with Gasteiger partial charge in [-0.15, -0.1) is 11.8 Å². The average molecular weight is 493 g/mol. The summed E-state index contributed by atoms with van der Waals surface area (Å²) in [6.45, 7) is 1.93. The Balaban J connectivity index is 1.42. The summed E-state index contributed by atoms with van der Waals surface area (Å²) in [5, 5.41) is 16.8. The molecule has 1 unspecified atom stereocenters. The van der Waals surface area contributed by atoms with Gasteiger partial charge >= 0.3 is 0 Å². The van der Waals surface area contributed by atoms with E-state index in [-0.39, 0.29) is 22.4 Å². The summed E-state index contributed by atoms with van der Waals surface area (Å²) in [5.41, 5.74) is 1.41. The van der Waals surface area contributed by atoms with Crippen molar-refractivity contribution >= 4 is 61.6 Å². The van der Waals surface area contributed by atoms with Gasteiger partial charge in [0, 0.05) is 28.3 Å². The molecule has 3 aromatic carbocycles. The van der Waals surface area contributed by atoms with Crippen molar-refractivity contribution in [3.8, 4) is 0 Å². The third kappa shape index (κ3) is 5.59. The van der Waals surface area contributed by atoms with E-state index in [0.29, 0.717) is 17.2 Å². The molecule has 0 spiro atoms. The number of thioether (sulfide) groups is 1. The van der Waals surface area contributed by atoms with Crippen LogP contribution in [0.15, 0.2) is 77.7 Å². The highest BCUT2D eigenvalue weighted by Crippen LogP contribution is 2.30. The Morgan fingerprint density at radius 2 is 1.85 bits per heavy atom. The minimum absolute atomic E-state index is 0.141. The number of para-hydroxylation sites is 1. The van der Waals surface area contributed by atoms with Crippen LogP contribution in [0.5, 0.6) is 0 Å². The quantitative estimate of drug-likeness (QED) is 0.178. The first-order chi connectivity index (χ1) is 16.4. The molecular formula is C24H20N4O4S2. The molecule has 1 aromatic heterocycles. The highest BCUT2D eigenvalue weighted by atomic mass is 32.2. The lowest BCUT2D eigenvalue weighted by Gasteiger charge is -2.14. The molecule has 0 aliphatic rings. The second kappa shape index (κ2) is 10.4. The molecule has 0 aliphatic heterocycles. The van der Waals surface area contributed by atoms with Crippen LogP contribution in [0.3, 0.4) is 0 Å². The number of thiazole rings is 1. The molecule has 8 nitrogen and oxygen atoms in total. The summed E-state index contributed by atoms with van der Waals surface area (Å²) in [6, 6.07) is 20.4. The topological polar surface area (TPSA) is 114 Å². The third-order valence-electron chi connectivity index (χ3n) is 4.88. The largest absolute Gasteiger partial charge is 0.322 e. The van der Waals surface area contributed by atoms with E-state index in [0.717, 1.165) is 15.1 Å². The van der Waals surface area contributed by atoms with Crippen LogP contribution in [0.4, 0.5) is 16.5 Å². The fourth-order valence-corrected chi connectivity index (χ4v) is 5.09. The summed E-state index contributed by atoms with van der Waals surface area (Å²) >= 11 is 2.82.